The number of H-pyrrole nitrogens is 1. The summed E-state index contributed by atoms with van der Waals surface area (Å²) in [5.74, 6) is -1.13. The molecule has 2 aromatic heterocycles. The van der Waals surface area contributed by atoms with E-state index in [4.69, 9.17) is 16.3 Å². The zero-order chi connectivity index (χ0) is 61.0. The Labute approximate surface area is 512 Å². The molecule has 0 spiro atoms. The lowest BCUT2D eigenvalue weighted by atomic mass is 9.72. The topological polar surface area (TPSA) is 236 Å². The van der Waals surface area contributed by atoms with E-state index >= 15 is 0 Å². The van der Waals surface area contributed by atoms with Gasteiger partial charge in [0.1, 0.15) is 28.9 Å². The number of benzene rings is 4. The fraction of sp³-hybridized carbons (Fsp3) is 0.431. The van der Waals surface area contributed by atoms with Crippen LogP contribution in [0.4, 0.5) is 17.1 Å². The molecule has 4 aliphatic heterocycles. The fourth-order valence-electron chi connectivity index (χ4n) is 13.0. The Morgan fingerprint density at radius 1 is 0.908 bits per heavy atom. The molecule has 0 radical (unpaired) electrons. The molecule has 11 rings (SSSR count). The van der Waals surface area contributed by atoms with Crippen molar-refractivity contribution in [2.45, 2.75) is 95.5 Å². The third-order valence-electron chi connectivity index (χ3n) is 18.0. The maximum absolute atomic E-state index is 14.2. The largest absolute Gasteiger partial charge is 0.455 e. The van der Waals surface area contributed by atoms with E-state index in [1.54, 1.807) is 35.4 Å². The summed E-state index contributed by atoms with van der Waals surface area (Å²) in [6.07, 6.45) is 11.5. The fourth-order valence-corrected chi connectivity index (χ4v) is 14.1. The molecule has 6 aromatic rings. The van der Waals surface area contributed by atoms with Crippen LogP contribution in [-0.2, 0) is 32.6 Å². The first-order valence-electron chi connectivity index (χ1n) is 30.3. The summed E-state index contributed by atoms with van der Waals surface area (Å²) in [7, 11) is -2.50. The van der Waals surface area contributed by atoms with Crippen molar-refractivity contribution in [3.05, 3.63) is 152 Å². The number of carbonyl (C=O) groups is 4. The number of hydrogen-bond acceptors (Lipinski definition) is 15. The van der Waals surface area contributed by atoms with Crippen molar-refractivity contribution in [1.29, 1.82) is 0 Å². The highest BCUT2D eigenvalue weighted by Crippen LogP contribution is 2.44. The molecule has 4 amide bonds. The molecule has 3 saturated heterocycles. The zero-order valence-electron chi connectivity index (χ0n) is 49.6. The molecule has 1 aliphatic carbocycles. The summed E-state index contributed by atoms with van der Waals surface area (Å²) in [6.45, 7) is 13.9. The summed E-state index contributed by atoms with van der Waals surface area (Å²) in [5.41, 5.74) is 8.17. The number of fused-ring (bicyclic) bond motifs is 2. The van der Waals surface area contributed by atoms with E-state index in [0.717, 1.165) is 137 Å². The Hall–Kier alpha value is -7.69. The predicted molar refractivity (Wildman–Crippen MR) is 336 cm³/mol. The number of nitro benzene ring substituents is 1. The number of allylic oxidation sites excluding steroid dienone is 1. The predicted octanol–water partition coefficient (Wildman–Crippen LogP) is 9.66. The molecule has 0 saturated carbocycles. The average Bonchev–Trinajstić information content (AvgIpc) is 2.54. The van der Waals surface area contributed by atoms with Gasteiger partial charge in [0.2, 0.25) is 11.8 Å². The number of sulfonamides is 1. The smallest absolute Gasteiger partial charge is 0.293 e. The van der Waals surface area contributed by atoms with E-state index in [1.807, 2.05) is 30.3 Å². The van der Waals surface area contributed by atoms with E-state index < -0.39 is 43.4 Å². The van der Waals surface area contributed by atoms with Crippen molar-refractivity contribution in [3.63, 3.8) is 0 Å². The lowest BCUT2D eigenvalue weighted by molar-refractivity contribution is -0.384. The number of halogens is 1. The summed E-state index contributed by atoms with van der Waals surface area (Å²) < 4.78 is 36.5. The van der Waals surface area contributed by atoms with Gasteiger partial charge in [0.15, 0.2) is 0 Å². The lowest BCUT2D eigenvalue weighted by Gasteiger charge is -2.39. The Morgan fingerprint density at radius 3 is 2.46 bits per heavy atom. The van der Waals surface area contributed by atoms with Crippen LogP contribution >= 0.6 is 11.6 Å². The number of amides is 4. The highest BCUT2D eigenvalue weighted by molar-refractivity contribution is 7.90. The first kappa shape index (κ1) is 61.0. The number of rotatable bonds is 22. The molecule has 3 fully saturated rings. The van der Waals surface area contributed by atoms with Gasteiger partial charge in [-0.3, -0.25) is 39.5 Å². The normalized spacial score (nSPS) is 18.8. The number of piperidine rings is 2. The van der Waals surface area contributed by atoms with Crippen LogP contribution in [0.5, 0.6) is 11.5 Å². The number of carbonyl (C=O) groups excluding carboxylic acids is 4. The SMILES string of the molecule is CN(CCCc1cccc2c1CN(C1CCC(=O)NC1=O)C2=O)CCCN1CCC(CNc2ccc(S(=O)(=O)NC(=O)c3ccc(N4CCN(CC5=C(c6ccc(Cl)cc6)CC(C)(C)CC5)CC4)cc3Oc3cnc4[nH]ccc4c3)cc2[N+](=O)[O-])CC1. The minimum absolute atomic E-state index is 0.0497. The Kier molecular flexibility index (Phi) is 18.5. The van der Waals surface area contributed by atoms with Crippen molar-refractivity contribution in [3.8, 4) is 11.5 Å². The highest BCUT2D eigenvalue weighted by Gasteiger charge is 2.40. The first-order valence-corrected chi connectivity index (χ1v) is 32.1. The molecule has 0 bridgehead atoms. The van der Waals surface area contributed by atoms with Crippen molar-refractivity contribution in [1.82, 2.24) is 39.6 Å². The minimum Gasteiger partial charge on any atom is -0.455 e. The summed E-state index contributed by atoms with van der Waals surface area (Å²) in [4.78, 5) is 81.8. The van der Waals surface area contributed by atoms with Crippen molar-refractivity contribution >= 4 is 78.9 Å². The van der Waals surface area contributed by atoms with Gasteiger partial charge < -0.3 is 34.6 Å². The second kappa shape index (κ2) is 26.3. The molecule has 1 unspecified atom stereocenters. The molecular formula is C65H76ClN11O9S. The number of nitrogens with zero attached hydrogens (tertiary/aromatic N) is 7. The number of imide groups is 1. The van der Waals surface area contributed by atoms with Gasteiger partial charge in [-0.15, -0.1) is 0 Å². The van der Waals surface area contributed by atoms with Gasteiger partial charge >= 0.3 is 0 Å². The molecular weight excluding hydrogens is 1150 g/mol. The van der Waals surface area contributed by atoms with Crippen LogP contribution in [0.15, 0.2) is 114 Å². The van der Waals surface area contributed by atoms with E-state index in [1.165, 1.54) is 35.0 Å². The van der Waals surface area contributed by atoms with Gasteiger partial charge in [0, 0.05) is 92.2 Å². The van der Waals surface area contributed by atoms with Gasteiger partial charge in [-0.2, -0.15) is 0 Å². The van der Waals surface area contributed by atoms with Crippen LogP contribution in [0, 0.1) is 21.4 Å². The average molecular weight is 1220 g/mol. The van der Waals surface area contributed by atoms with Gasteiger partial charge in [0.05, 0.1) is 21.6 Å². The number of pyridine rings is 1. The second-order valence-corrected chi connectivity index (χ2v) is 26.8. The molecule has 87 heavy (non-hydrogen) atoms. The molecule has 20 nitrogen and oxygen atoms in total. The summed E-state index contributed by atoms with van der Waals surface area (Å²) in [6, 6.07) is 25.6. The van der Waals surface area contributed by atoms with E-state index in [9.17, 15) is 37.7 Å². The number of nitro groups is 1. The molecule has 1 atom stereocenters. The maximum atomic E-state index is 14.2. The van der Waals surface area contributed by atoms with Gasteiger partial charge in [-0.05, 0) is 186 Å². The van der Waals surface area contributed by atoms with Crippen LogP contribution in [-0.4, -0.2) is 152 Å². The Balaban J connectivity index is 0.662. The van der Waals surface area contributed by atoms with Crippen molar-refractivity contribution < 1.29 is 37.3 Å². The van der Waals surface area contributed by atoms with Gasteiger partial charge in [-0.1, -0.05) is 55.3 Å². The quantitative estimate of drug-likeness (QED) is 0.0281. The molecule has 458 valence electrons. The standard InChI is InChI=1S/C65H76ClN11O9S/c1-65(2)24-20-47(54(38-65)45-10-12-48(66)13-11-45)41-74-31-33-75(34-32-74)49-14-16-53(59(36-49)86-50-35-46-21-25-67-61(46)69-40-50)62(79)71-87(84,85)51-15-17-56(58(37-51)77(82)83)68-39-43-22-29-73(30-23-43)28-6-27-72(3)26-5-8-44-7-4-9-52-55(44)42-76(64(52)81)57-18-19-60(78)70-63(57)80/h4,7,9-17,21,25,35-37,40,43,57,68H,5-6,8,18-20,22-24,26-34,38-39,41-42H2,1-3H3,(H,67,69)(H,71,79)(H,70,78,80). The Bertz CT molecular complexity index is 3720. The van der Waals surface area contributed by atoms with Crippen molar-refractivity contribution in [2.75, 3.05) is 89.3 Å². The third kappa shape index (κ3) is 14.5. The number of ether oxygens (including phenoxy) is 1. The molecule has 5 aliphatic rings. The number of likely N-dealkylation sites (tertiary alicyclic amines) is 1. The van der Waals surface area contributed by atoms with Crippen LogP contribution in [0.2, 0.25) is 5.02 Å². The maximum Gasteiger partial charge on any atom is 0.293 e. The summed E-state index contributed by atoms with van der Waals surface area (Å²) in [5, 5.41) is 19.6. The summed E-state index contributed by atoms with van der Waals surface area (Å²) >= 11 is 6.28. The number of nitrogens with one attached hydrogen (secondary N) is 4. The van der Waals surface area contributed by atoms with Crippen LogP contribution < -0.4 is 25.0 Å². The number of anilines is 2. The second-order valence-electron chi connectivity index (χ2n) is 24.7. The zero-order valence-corrected chi connectivity index (χ0v) is 51.2. The highest BCUT2D eigenvalue weighted by atomic mass is 35.5. The van der Waals surface area contributed by atoms with Gasteiger partial charge in [0.25, 0.3) is 27.5 Å². The number of hydrogen-bond donors (Lipinski definition) is 4. The minimum atomic E-state index is -4.62. The van der Waals surface area contributed by atoms with Crippen LogP contribution in [0.3, 0.4) is 0 Å². The van der Waals surface area contributed by atoms with Crippen molar-refractivity contribution in [2.24, 2.45) is 11.3 Å². The number of piperazine rings is 1. The van der Waals surface area contributed by atoms with Gasteiger partial charge in [-0.25, -0.2) is 18.1 Å². The lowest BCUT2D eigenvalue weighted by Crippen LogP contribution is -2.52. The first-order chi connectivity index (χ1) is 41.8. The molecule has 4 aromatic carbocycles. The number of aromatic nitrogens is 2. The van der Waals surface area contributed by atoms with E-state index in [-0.39, 0.29) is 46.6 Å². The molecule has 4 N–H and O–H groups in total. The number of aromatic amines is 1. The monoisotopic (exact) mass is 1220 g/mol. The molecule has 6 heterocycles. The molecule has 22 heteroatoms. The van der Waals surface area contributed by atoms with Crippen LogP contribution in [0.25, 0.3) is 16.6 Å². The third-order valence-corrected chi connectivity index (χ3v) is 19.6. The number of aryl methyl sites for hydroxylation is 1. The van der Waals surface area contributed by atoms with E-state index in [2.05, 4.69) is 84.0 Å². The Morgan fingerprint density at radius 2 is 1.69 bits per heavy atom. The van der Waals surface area contributed by atoms with Crippen LogP contribution in [0.1, 0.15) is 109 Å². The van der Waals surface area contributed by atoms with E-state index in [0.29, 0.717) is 49.6 Å².